The summed E-state index contributed by atoms with van der Waals surface area (Å²) >= 11 is 6.01. The van der Waals surface area contributed by atoms with Crippen molar-refractivity contribution in [2.45, 2.75) is 0 Å². The summed E-state index contributed by atoms with van der Waals surface area (Å²) < 4.78 is 27.0. The fourth-order valence-electron chi connectivity index (χ4n) is 3.54. The number of halogens is 1. The summed E-state index contributed by atoms with van der Waals surface area (Å²) in [6.45, 7) is 0. The number of carbonyl (C=O) groups excluding carboxylic acids is 1. The van der Waals surface area contributed by atoms with E-state index in [1.54, 1.807) is 6.07 Å². The number of fused-ring (bicyclic) bond motifs is 3. The Kier molecular flexibility index (Phi) is 5.99. The van der Waals surface area contributed by atoms with Gasteiger partial charge in [0.25, 0.3) is 5.69 Å². The van der Waals surface area contributed by atoms with Crippen molar-refractivity contribution >= 4 is 45.0 Å². The van der Waals surface area contributed by atoms with Crippen LogP contribution in [0.25, 0.3) is 21.7 Å². The fourth-order valence-corrected chi connectivity index (χ4v) is 3.74. The minimum absolute atomic E-state index is 0.0142. The number of nitro groups is 1. The SMILES string of the molecule is COc1cc2c(=O)oc3cc(OC(=O)c4cc([N+](=O)[O-])ccc4Cl)ccc3c2c(OC)c1OC. The summed E-state index contributed by atoms with van der Waals surface area (Å²) in [5, 5.41) is 12.1. The highest BCUT2D eigenvalue weighted by atomic mass is 35.5. The zero-order chi connectivity index (χ0) is 24.6. The molecule has 0 atom stereocenters. The van der Waals surface area contributed by atoms with Gasteiger partial charge in [-0.2, -0.15) is 0 Å². The van der Waals surface area contributed by atoms with E-state index in [4.69, 9.17) is 35.0 Å². The molecule has 0 aliphatic heterocycles. The molecule has 1 heterocycles. The first kappa shape index (κ1) is 22.9. The molecule has 11 heteroatoms. The van der Waals surface area contributed by atoms with Gasteiger partial charge in [-0.05, 0) is 24.3 Å². The molecule has 3 aromatic carbocycles. The number of nitrogens with zero attached hydrogens (tertiary/aromatic N) is 1. The van der Waals surface area contributed by atoms with Gasteiger partial charge in [0.05, 0.1) is 42.2 Å². The Balaban J connectivity index is 1.83. The van der Waals surface area contributed by atoms with Crippen LogP contribution in [-0.4, -0.2) is 32.2 Å². The third-order valence-corrected chi connectivity index (χ3v) is 5.40. The van der Waals surface area contributed by atoms with Gasteiger partial charge in [-0.3, -0.25) is 10.1 Å². The molecular formula is C23H16ClNO9. The maximum atomic E-state index is 12.7. The number of ether oxygens (including phenoxy) is 4. The number of hydrogen-bond donors (Lipinski definition) is 0. The van der Waals surface area contributed by atoms with Crippen molar-refractivity contribution < 1.29 is 33.1 Å². The highest BCUT2D eigenvalue weighted by Gasteiger charge is 2.22. The molecule has 0 aliphatic rings. The molecule has 0 saturated carbocycles. The van der Waals surface area contributed by atoms with Crippen LogP contribution in [0.3, 0.4) is 0 Å². The molecule has 0 unspecified atom stereocenters. The molecular weight excluding hydrogens is 470 g/mol. The Hall–Kier alpha value is -4.31. The molecule has 174 valence electrons. The average Bonchev–Trinajstić information content (AvgIpc) is 2.82. The van der Waals surface area contributed by atoms with Gasteiger partial charge in [-0.25, -0.2) is 9.59 Å². The number of benzene rings is 3. The summed E-state index contributed by atoms with van der Waals surface area (Å²) in [7, 11) is 4.30. The molecule has 0 spiro atoms. The minimum Gasteiger partial charge on any atom is -0.493 e. The lowest BCUT2D eigenvalue weighted by Crippen LogP contribution is -2.10. The van der Waals surface area contributed by atoms with Crippen LogP contribution in [0.1, 0.15) is 10.4 Å². The molecule has 0 radical (unpaired) electrons. The van der Waals surface area contributed by atoms with E-state index in [2.05, 4.69) is 0 Å². The molecule has 4 aromatic rings. The third kappa shape index (κ3) is 3.84. The first-order chi connectivity index (χ1) is 16.3. The largest absolute Gasteiger partial charge is 0.493 e. The molecule has 0 N–H and O–H groups in total. The molecule has 34 heavy (non-hydrogen) atoms. The van der Waals surface area contributed by atoms with Gasteiger partial charge in [0, 0.05) is 29.0 Å². The van der Waals surface area contributed by atoms with Gasteiger partial charge in [-0.15, -0.1) is 0 Å². The van der Waals surface area contributed by atoms with E-state index in [1.165, 1.54) is 51.7 Å². The average molecular weight is 486 g/mol. The Bertz CT molecular complexity index is 1530. The fraction of sp³-hybridized carbons (Fsp3) is 0.130. The quantitative estimate of drug-likeness (QED) is 0.0948. The van der Waals surface area contributed by atoms with E-state index >= 15 is 0 Å². The highest BCUT2D eigenvalue weighted by Crippen LogP contribution is 2.45. The van der Waals surface area contributed by atoms with Crippen LogP contribution < -0.4 is 24.6 Å². The van der Waals surface area contributed by atoms with E-state index in [0.29, 0.717) is 16.5 Å². The van der Waals surface area contributed by atoms with Gasteiger partial charge in [0.1, 0.15) is 11.3 Å². The zero-order valence-electron chi connectivity index (χ0n) is 18.0. The van der Waals surface area contributed by atoms with Crippen molar-refractivity contribution in [1.82, 2.24) is 0 Å². The third-order valence-electron chi connectivity index (χ3n) is 5.07. The molecule has 10 nitrogen and oxygen atoms in total. The molecule has 0 amide bonds. The molecule has 0 saturated heterocycles. The van der Waals surface area contributed by atoms with Gasteiger partial charge >= 0.3 is 11.6 Å². The first-order valence-corrected chi connectivity index (χ1v) is 10.0. The lowest BCUT2D eigenvalue weighted by Gasteiger charge is -2.15. The van der Waals surface area contributed by atoms with E-state index in [0.717, 1.165) is 6.07 Å². The lowest BCUT2D eigenvalue weighted by atomic mass is 10.0. The van der Waals surface area contributed by atoms with Crippen molar-refractivity contribution in [2.24, 2.45) is 0 Å². The Morgan fingerprint density at radius 2 is 1.71 bits per heavy atom. The zero-order valence-corrected chi connectivity index (χ0v) is 18.8. The topological polar surface area (TPSA) is 127 Å². The summed E-state index contributed by atoms with van der Waals surface area (Å²) in [6, 6.07) is 9.30. The second kappa shape index (κ2) is 8.91. The standard InChI is InChI=1S/C23H16ClNO9/c1-30-18-10-15-19(21(32-3)20(18)31-2)13-6-5-12(9-17(13)34-23(15)27)33-22(26)14-8-11(25(28)29)4-7-16(14)24/h4-10H,1-3H3. The summed E-state index contributed by atoms with van der Waals surface area (Å²) in [4.78, 5) is 35.7. The second-order valence-corrected chi connectivity index (χ2v) is 7.33. The van der Waals surface area contributed by atoms with Crippen LogP contribution in [0.2, 0.25) is 5.02 Å². The van der Waals surface area contributed by atoms with Gasteiger partial charge in [0.2, 0.25) is 5.75 Å². The highest BCUT2D eigenvalue weighted by molar-refractivity contribution is 6.33. The van der Waals surface area contributed by atoms with Crippen molar-refractivity contribution in [3.8, 4) is 23.0 Å². The van der Waals surface area contributed by atoms with Crippen molar-refractivity contribution in [2.75, 3.05) is 21.3 Å². The number of hydrogen-bond acceptors (Lipinski definition) is 9. The van der Waals surface area contributed by atoms with Crippen molar-refractivity contribution in [3.63, 3.8) is 0 Å². The molecule has 1 aromatic heterocycles. The number of carbonyl (C=O) groups is 1. The molecule has 0 fully saturated rings. The smallest absolute Gasteiger partial charge is 0.345 e. The predicted octanol–water partition coefficient (Wildman–Crippen LogP) is 4.75. The number of non-ortho nitro benzene ring substituents is 1. The van der Waals surface area contributed by atoms with Crippen LogP contribution >= 0.6 is 11.6 Å². The van der Waals surface area contributed by atoms with E-state index in [-0.39, 0.29) is 44.5 Å². The number of methoxy groups -OCH3 is 3. The normalized spacial score (nSPS) is 10.8. The Morgan fingerprint density at radius 1 is 0.971 bits per heavy atom. The van der Waals surface area contributed by atoms with Gasteiger partial charge in [-0.1, -0.05) is 11.6 Å². The maximum Gasteiger partial charge on any atom is 0.345 e. The molecule has 0 bridgehead atoms. The second-order valence-electron chi connectivity index (χ2n) is 6.93. The van der Waals surface area contributed by atoms with Gasteiger partial charge < -0.3 is 23.4 Å². The van der Waals surface area contributed by atoms with Crippen LogP contribution in [0.5, 0.6) is 23.0 Å². The van der Waals surface area contributed by atoms with Gasteiger partial charge in [0.15, 0.2) is 11.5 Å². The number of esters is 1. The van der Waals surface area contributed by atoms with E-state index < -0.39 is 16.5 Å². The Labute approximate surface area is 196 Å². The molecule has 4 rings (SSSR count). The van der Waals surface area contributed by atoms with E-state index in [1.807, 2.05) is 0 Å². The molecule has 0 aliphatic carbocycles. The summed E-state index contributed by atoms with van der Waals surface area (Å²) in [5.41, 5.74) is -1.07. The number of nitro benzene ring substituents is 1. The maximum absolute atomic E-state index is 12.7. The minimum atomic E-state index is -0.917. The lowest BCUT2D eigenvalue weighted by molar-refractivity contribution is -0.384. The first-order valence-electron chi connectivity index (χ1n) is 9.64. The van der Waals surface area contributed by atoms with Crippen LogP contribution in [-0.2, 0) is 0 Å². The summed E-state index contributed by atoms with van der Waals surface area (Å²) in [6.07, 6.45) is 0. The Morgan fingerprint density at radius 3 is 2.35 bits per heavy atom. The van der Waals surface area contributed by atoms with Crippen LogP contribution in [0.4, 0.5) is 5.69 Å². The van der Waals surface area contributed by atoms with Crippen LogP contribution in [0, 0.1) is 10.1 Å². The predicted molar refractivity (Wildman–Crippen MR) is 123 cm³/mol. The van der Waals surface area contributed by atoms with E-state index in [9.17, 15) is 19.7 Å². The number of rotatable bonds is 6. The monoisotopic (exact) mass is 485 g/mol. The summed E-state index contributed by atoms with van der Waals surface area (Å²) in [5.74, 6) is -0.0387. The van der Waals surface area contributed by atoms with Crippen molar-refractivity contribution in [1.29, 1.82) is 0 Å². The van der Waals surface area contributed by atoms with Crippen molar-refractivity contribution in [3.05, 3.63) is 73.6 Å². The van der Waals surface area contributed by atoms with Crippen LogP contribution in [0.15, 0.2) is 51.7 Å².